The molecule has 1 nitrogen and oxygen atoms in total. The van der Waals surface area contributed by atoms with Crippen LogP contribution in [-0.4, -0.2) is 56.5 Å². The molecule has 2 rings (SSSR count). The standard InChI is InChI=1S/C12H8Cl2O.K.H/c13-9-3-6-12(14)11(7-9)8-1-4-10(15)5-2-8;;/h1-7,15H;;. The van der Waals surface area contributed by atoms with Crippen molar-refractivity contribution in [2.24, 2.45) is 0 Å². The van der Waals surface area contributed by atoms with Gasteiger partial charge in [0.1, 0.15) is 5.75 Å². The summed E-state index contributed by atoms with van der Waals surface area (Å²) in [6.45, 7) is 0. The van der Waals surface area contributed by atoms with E-state index in [1.54, 1.807) is 42.5 Å². The Labute approximate surface area is 147 Å². The fourth-order valence-electron chi connectivity index (χ4n) is 1.36. The number of hydrogen-bond acceptors (Lipinski definition) is 1. The molecule has 0 heterocycles. The summed E-state index contributed by atoms with van der Waals surface area (Å²) in [7, 11) is 0. The van der Waals surface area contributed by atoms with Gasteiger partial charge in [0, 0.05) is 15.6 Å². The molecule has 0 fully saturated rings. The van der Waals surface area contributed by atoms with Crippen LogP contribution in [0.25, 0.3) is 11.1 Å². The maximum atomic E-state index is 9.17. The Hall–Kier alpha value is 0.456. The zero-order chi connectivity index (χ0) is 10.8. The zero-order valence-electron chi connectivity index (χ0n) is 7.74. The summed E-state index contributed by atoms with van der Waals surface area (Å²) < 4.78 is 0. The summed E-state index contributed by atoms with van der Waals surface area (Å²) in [5.41, 5.74) is 1.80. The van der Waals surface area contributed by atoms with Gasteiger partial charge < -0.3 is 5.11 Å². The molecular weight excluding hydrogens is 270 g/mol. The molecule has 2 aromatic carbocycles. The van der Waals surface area contributed by atoms with E-state index in [1.807, 2.05) is 0 Å². The molecule has 0 unspecified atom stereocenters. The van der Waals surface area contributed by atoms with Crippen LogP contribution in [0.4, 0.5) is 0 Å². The number of phenolic OH excluding ortho intramolecular Hbond substituents is 1. The minimum atomic E-state index is 0. The van der Waals surface area contributed by atoms with E-state index < -0.39 is 0 Å². The van der Waals surface area contributed by atoms with Gasteiger partial charge in [-0.2, -0.15) is 0 Å². The van der Waals surface area contributed by atoms with Gasteiger partial charge in [-0.3, -0.25) is 0 Å². The van der Waals surface area contributed by atoms with Gasteiger partial charge in [0.25, 0.3) is 0 Å². The summed E-state index contributed by atoms with van der Waals surface area (Å²) in [6.07, 6.45) is 0. The van der Waals surface area contributed by atoms with Crippen molar-refractivity contribution in [2.75, 3.05) is 0 Å². The van der Waals surface area contributed by atoms with E-state index in [4.69, 9.17) is 28.3 Å². The first-order chi connectivity index (χ1) is 7.16. The van der Waals surface area contributed by atoms with E-state index in [0.29, 0.717) is 10.0 Å². The van der Waals surface area contributed by atoms with E-state index in [0.717, 1.165) is 11.1 Å². The Kier molecular flexibility index (Phi) is 5.81. The molecule has 0 bridgehead atoms. The quantitative estimate of drug-likeness (QED) is 0.789. The molecule has 0 radical (unpaired) electrons. The first kappa shape index (κ1) is 14.5. The van der Waals surface area contributed by atoms with Crippen LogP contribution >= 0.6 is 23.2 Å². The fraction of sp³-hybridized carbons (Fsp3) is 0. The van der Waals surface area contributed by atoms with Crippen LogP contribution in [0.1, 0.15) is 0 Å². The number of phenols is 1. The van der Waals surface area contributed by atoms with Gasteiger partial charge in [0.2, 0.25) is 0 Å². The molecule has 0 aliphatic carbocycles. The van der Waals surface area contributed by atoms with Crippen molar-refractivity contribution in [1.82, 2.24) is 0 Å². The Morgan fingerprint density at radius 1 is 0.875 bits per heavy atom. The molecular formula is C12H9Cl2KO. The normalized spacial score (nSPS) is 9.62. The maximum absolute atomic E-state index is 9.17. The monoisotopic (exact) mass is 278 g/mol. The molecule has 0 aliphatic heterocycles. The van der Waals surface area contributed by atoms with Gasteiger partial charge in [-0.15, -0.1) is 0 Å². The van der Waals surface area contributed by atoms with E-state index >= 15 is 0 Å². The van der Waals surface area contributed by atoms with Crippen molar-refractivity contribution < 1.29 is 5.11 Å². The number of aromatic hydroxyl groups is 1. The zero-order valence-corrected chi connectivity index (χ0v) is 9.26. The first-order valence-electron chi connectivity index (χ1n) is 4.41. The van der Waals surface area contributed by atoms with Crippen molar-refractivity contribution in [3.63, 3.8) is 0 Å². The second-order valence-electron chi connectivity index (χ2n) is 3.17. The molecule has 4 heteroatoms. The van der Waals surface area contributed by atoms with Crippen molar-refractivity contribution >= 4 is 74.6 Å². The van der Waals surface area contributed by atoms with Crippen LogP contribution < -0.4 is 0 Å². The van der Waals surface area contributed by atoms with E-state index in [-0.39, 0.29) is 57.1 Å². The van der Waals surface area contributed by atoms with Crippen molar-refractivity contribution in [1.29, 1.82) is 0 Å². The van der Waals surface area contributed by atoms with E-state index in [9.17, 15) is 0 Å². The minimum absolute atomic E-state index is 0. The van der Waals surface area contributed by atoms with Crippen LogP contribution in [0.2, 0.25) is 10.0 Å². The van der Waals surface area contributed by atoms with Crippen molar-refractivity contribution in [2.45, 2.75) is 0 Å². The van der Waals surface area contributed by atoms with Crippen molar-refractivity contribution in [3.8, 4) is 16.9 Å². The second-order valence-corrected chi connectivity index (χ2v) is 4.01. The van der Waals surface area contributed by atoms with Gasteiger partial charge in [-0.05, 0) is 35.9 Å². The number of halogens is 2. The first-order valence-corrected chi connectivity index (χ1v) is 5.17. The molecule has 0 saturated heterocycles. The molecule has 16 heavy (non-hydrogen) atoms. The summed E-state index contributed by atoms with van der Waals surface area (Å²) in [4.78, 5) is 0. The average Bonchev–Trinajstić information content (AvgIpc) is 2.23. The van der Waals surface area contributed by atoms with Gasteiger partial charge in [-0.1, -0.05) is 35.3 Å². The topological polar surface area (TPSA) is 20.2 Å². The summed E-state index contributed by atoms with van der Waals surface area (Å²) in [5, 5.41) is 10.5. The number of benzene rings is 2. The molecule has 1 N–H and O–H groups in total. The van der Waals surface area contributed by atoms with Crippen LogP contribution in [0.3, 0.4) is 0 Å². The predicted molar refractivity (Wildman–Crippen MR) is 70.7 cm³/mol. The van der Waals surface area contributed by atoms with Gasteiger partial charge in [0.05, 0.1) is 0 Å². The van der Waals surface area contributed by atoms with Crippen LogP contribution in [0, 0.1) is 0 Å². The molecule has 0 saturated carbocycles. The Morgan fingerprint density at radius 3 is 2.12 bits per heavy atom. The Bertz CT molecular complexity index is 483. The van der Waals surface area contributed by atoms with Gasteiger partial charge in [-0.25, -0.2) is 0 Å². The van der Waals surface area contributed by atoms with E-state index in [2.05, 4.69) is 0 Å². The third-order valence-electron chi connectivity index (χ3n) is 2.11. The third kappa shape index (κ3) is 3.47. The molecule has 0 amide bonds. The molecule has 0 aliphatic rings. The van der Waals surface area contributed by atoms with E-state index in [1.165, 1.54) is 0 Å². The third-order valence-corrected chi connectivity index (χ3v) is 2.67. The average molecular weight is 279 g/mol. The summed E-state index contributed by atoms with van der Waals surface area (Å²) in [5.74, 6) is 0.233. The summed E-state index contributed by atoms with van der Waals surface area (Å²) >= 11 is 11.9. The summed E-state index contributed by atoms with van der Waals surface area (Å²) in [6, 6.07) is 12.1. The molecule has 0 spiro atoms. The number of rotatable bonds is 1. The van der Waals surface area contributed by atoms with Gasteiger partial charge >= 0.3 is 51.4 Å². The molecule has 0 atom stereocenters. The molecule has 2 aromatic rings. The molecule has 78 valence electrons. The van der Waals surface area contributed by atoms with Crippen molar-refractivity contribution in [3.05, 3.63) is 52.5 Å². The molecule has 0 aromatic heterocycles. The van der Waals surface area contributed by atoms with Crippen LogP contribution in [-0.2, 0) is 0 Å². The van der Waals surface area contributed by atoms with Crippen LogP contribution in [0.15, 0.2) is 42.5 Å². The number of hydrogen-bond donors (Lipinski definition) is 1. The fourth-order valence-corrected chi connectivity index (χ4v) is 1.76. The Morgan fingerprint density at radius 2 is 1.50 bits per heavy atom. The predicted octanol–water partition coefficient (Wildman–Crippen LogP) is 3.72. The SMILES string of the molecule is Oc1ccc(-c2cc(Cl)ccc2Cl)cc1.[KH]. The Balaban J connectivity index is 0.00000128. The second kappa shape index (κ2) is 6.41. The van der Waals surface area contributed by atoms with Crippen LogP contribution in [0.5, 0.6) is 5.75 Å². The van der Waals surface area contributed by atoms with Gasteiger partial charge in [0.15, 0.2) is 0 Å².